The van der Waals surface area contributed by atoms with E-state index >= 15 is 0 Å². The Hall–Kier alpha value is -0.820. The van der Waals surface area contributed by atoms with Crippen molar-refractivity contribution in [1.29, 1.82) is 0 Å². The van der Waals surface area contributed by atoms with Gasteiger partial charge in [-0.15, -0.1) is 0 Å². The number of hydrogen-bond acceptors (Lipinski definition) is 4. The van der Waals surface area contributed by atoms with Gasteiger partial charge in [0, 0.05) is 50.7 Å². The first-order valence-corrected chi connectivity index (χ1v) is 9.82. The number of hydrogen-bond donors (Lipinski definition) is 1. The zero-order valence-electron chi connectivity index (χ0n) is 14.5. The molecule has 7 heteroatoms. The molecule has 0 spiro atoms. The summed E-state index contributed by atoms with van der Waals surface area (Å²) in [4.78, 5) is 8.91. The molecule has 0 amide bonds. The Labute approximate surface area is 134 Å². The summed E-state index contributed by atoms with van der Waals surface area (Å²) in [5, 5.41) is 3.42. The molecule has 2 saturated heterocycles. The van der Waals surface area contributed by atoms with Gasteiger partial charge in [0.2, 0.25) is 0 Å². The third kappa shape index (κ3) is 3.40. The Bertz CT molecular complexity index is 526. The van der Waals surface area contributed by atoms with E-state index in [1.807, 2.05) is 7.05 Å². The normalized spacial score (nSPS) is 27.3. The second kappa shape index (κ2) is 6.00. The van der Waals surface area contributed by atoms with E-state index in [1.165, 1.54) is 0 Å². The summed E-state index contributed by atoms with van der Waals surface area (Å²) in [7, 11) is -0.976. The number of nitrogens with zero attached hydrogens (tertiary/aromatic N) is 3. The van der Waals surface area contributed by atoms with E-state index in [0.717, 1.165) is 25.6 Å². The molecule has 0 bridgehead atoms. The van der Waals surface area contributed by atoms with Crippen molar-refractivity contribution < 1.29 is 8.42 Å². The molecule has 0 radical (unpaired) electrons. The Morgan fingerprint density at radius 3 is 2.23 bits per heavy atom. The second-order valence-corrected chi connectivity index (χ2v) is 9.80. The van der Waals surface area contributed by atoms with Crippen LogP contribution >= 0.6 is 0 Å². The smallest absolute Gasteiger partial charge is 0.194 e. The van der Waals surface area contributed by atoms with E-state index in [0.29, 0.717) is 13.1 Å². The van der Waals surface area contributed by atoms with Crippen molar-refractivity contribution in [3.63, 3.8) is 0 Å². The molecule has 2 aliphatic heterocycles. The van der Waals surface area contributed by atoms with Gasteiger partial charge in [-0.3, -0.25) is 9.89 Å². The molecule has 6 nitrogen and oxygen atoms in total. The predicted molar refractivity (Wildman–Crippen MR) is 91.0 cm³/mol. The van der Waals surface area contributed by atoms with Crippen molar-refractivity contribution in [2.45, 2.75) is 33.2 Å². The lowest BCUT2D eigenvalue weighted by Crippen LogP contribution is -2.72. The van der Waals surface area contributed by atoms with Gasteiger partial charge in [-0.25, -0.2) is 8.42 Å². The van der Waals surface area contributed by atoms with Crippen LogP contribution in [0.15, 0.2) is 4.99 Å². The summed E-state index contributed by atoms with van der Waals surface area (Å²) in [5.74, 6) is 1.51. The minimum atomic E-state index is -2.79. The lowest BCUT2D eigenvalue weighted by molar-refractivity contribution is -0.0667. The quantitative estimate of drug-likeness (QED) is 0.600. The molecular formula is C15H30N4O2S. The first kappa shape index (κ1) is 17.5. The van der Waals surface area contributed by atoms with Gasteiger partial charge in [-0.05, 0) is 13.8 Å². The van der Waals surface area contributed by atoms with Crippen molar-refractivity contribution in [2.24, 2.45) is 10.4 Å². The van der Waals surface area contributed by atoms with Crippen LogP contribution in [0.5, 0.6) is 0 Å². The summed E-state index contributed by atoms with van der Waals surface area (Å²) in [5.41, 5.74) is 0.375. The van der Waals surface area contributed by atoms with Crippen molar-refractivity contribution >= 4 is 15.8 Å². The van der Waals surface area contributed by atoms with Crippen LogP contribution in [0, 0.1) is 5.41 Å². The minimum Gasteiger partial charge on any atom is -0.355 e. The van der Waals surface area contributed by atoms with Gasteiger partial charge >= 0.3 is 0 Å². The van der Waals surface area contributed by atoms with Crippen LogP contribution in [0.1, 0.15) is 27.7 Å². The highest BCUT2D eigenvalue weighted by molar-refractivity contribution is 7.91. The van der Waals surface area contributed by atoms with Crippen LogP contribution in [-0.4, -0.2) is 81.0 Å². The van der Waals surface area contributed by atoms with Gasteiger partial charge in [0.25, 0.3) is 0 Å². The largest absolute Gasteiger partial charge is 0.355 e. The Kier molecular flexibility index (Phi) is 4.78. The monoisotopic (exact) mass is 330 g/mol. The lowest BCUT2D eigenvalue weighted by Gasteiger charge is -2.62. The Morgan fingerprint density at radius 2 is 1.77 bits per heavy atom. The van der Waals surface area contributed by atoms with E-state index in [-0.39, 0.29) is 22.5 Å². The number of guanidine groups is 1. The average molecular weight is 330 g/mol. The maximum absolute atomic E-state index is 11.4. The number of aliphatic imine (C=N–C) groups is 1. The summed E-state index contributed by atoms with van der Waals surface area (Å²) in [6, 6.07) is 0. The van der Waals surface area contributed by atoms with Crippen LogP contribution in [0.4, 0.5) is 0 Å². The second-order valence-electron chi connectivity index (χ2n) is 7.50. The van der Waals surface area contributed by atoms with Gasteiger partial charge in [0.05, 0.1) is 11.5 Å². The molecule has 0 aliphatic carbocycles. The van der Waals surface area contributed by atoms with Crippen molar-refractivity contribution in [1.82, 2.24) is 15.1 Å². The number of sulfone groups is 1. The molecule has 0 aromatic carbocycles. The SMILES string of the molecule is CN=C(NCCN1CCS(=O)(=O)CC1)N1CC(C)(C)C1(C)C. The van der Waals surface area contributed by atoms with Crippen molar-refractivity contribution in [3.05, 3.63) is 0 Å². The molecular weight excluding hydrogens is 300 g/mol. The molecule has 0 atom stereocenters. The molecule has 1 N–H and O–H groups in total. The van der Waals surface area contributed by atoms with Crippen molar-refractivity contribution in [3.8, 4) is 0 Å². The van der Waals surface area contributed by atoms with E-state index in [9.17, 15) is 8.42 Å². The summed E-state index contributed by atoms with van der Waals surface area (Å²) in [6.45, 7) is 13.0. The summed E-state index contributed by atoms with van der Waals surface area (Å²) in [6.07, 6.45) is 0. The van der Waals surface area contributed by atoms with Gasteiger partial charge in [-0.2, -0.15) is 0 Å². The summed E-state index contributed by atoms with van der Waals surface area (Å²) >= 11 is 0. The maximum Gasteiger partial charge on any atom is 0.194 e. The molecule has 2 heterocycles. The van der Waals surface area contributed by atoms with Gasteiger partial charge in [0.1, 0.15) is 0 Å². The molecule has 22 heavy (non-hydrogen) atoms. The fraction of sp³-hybridized carbons (Fsp3) is 0.933. The highest BCUT2D eigenvalue weighted by Crippen LogP contribution is 2.46. The first-order chi connectivity index (χ1) is 10.1. The molecule has 0 unspecified atom stereocenters. The van der Waals surface area contributed by atoms with Crippen LogP contribution < -0.4 is 5.32 Å². The van der Waals surface area contributed by atoms with E-state index in [4.69, 9.17) is 0 Å². The zero-order chi connectivity index (χ0) is 16.6. The average Bonchev–Trinajstić information content (AvgIpc) is 2.43. The molecule has 2 rings (SSSR count). The van der Waals surface area contributed by atoms with Crippen molar-refractivity contribution in [2.75, 3.05) is 51.3 Å². The van der Waals surface area contributed by atoms with Gasteiger partial charge in [-0.1, -0.05) is 13.8 Å². The van der Waals surface area contributed by atoms with E-state index < -0.39 is 9.84 Å². The van der Waals surface area contributed by atoms with Crippen LogP contribution in [0.25, 0.3) is 0 Å². The van der Waals surface area contributed by atoms with E-state index in [1.54, 1.807) is 0 Å². The highest BCUT2D eigenvalue weighted by atomic mass is 32.2. The molecule has 2 fully saturated rings. The van der Waals surface area contributed by atoms with E-state index in [2.05, 4.69) is 47.8 Å². The maximum atomic E-state index is 11.4. The predicted octanol–water partition coefficient (Wildman–Crippen LogP) is 0.413. The molecule has 2 aliphatic rings. The highest BCUT2D eigenvalue weighted by Gasteiger charge is 2.53. The Morgan fingerprint density at radius 1 is 1.18 bits per heavy atom. The van der Waals surface area contributed by atoms with Crippen LogP contribution in [0.3, 0.4) is 0 Å². The third-order valence-electron chi connectivity index (χ3n) is 5.50. The fourth-order valence-electron chi connectivity index (χ4n) is 2.99. The van der Waals surface area contributed by atoms with Crippen LogP contribution in [-0.2, 0) is 9.84 Å². The van der Waals surface area contributed by atoms with Gasteiger partial charge < -0.3 is 10.2 Å². The molecule has 0 aromatic heterocycles. The fourth-order valence-corrected chi connectivity index (χ4v) is 4.27. The zero-order valence-corrected chi connectivity index (χ0v) is 15.3. The Balaban J connectivity index is 1.79. The molecule has 128 valence electrons. The summed E-state index contributed by atoms with van der Waals surface area (Å²) < 4.78 is 22.8. The minimum absolute atomic E-state index is 0.0913. The number of nitrogens with one attached hydrogen (secondary N) is 1. The number of likely N-dealkylation sites (tertiary alicyclic amines) is 1. The standard InChI is InChI=1S/C15H30N4O2S/c1-14(2)12-19(15(14,3)4)13(16-5)17-6-7-18-8-10-22(20,21)11-9-18/h6-12H2,1-5H3,(H,16,17). The van der Waals surface area contributed by atoms with Crippen LogP contribution in [0.2, 0.25) is 0 Å². The first-order valence-electron chi connectivity index (χ1n) is 8.00. The molecule has 0 aromatic rings. The number of rotatable bonds is 3. The lowest BCUT2D eigenvalue weighted by atomic mass is 9.65. The topological polar surface area (TPSA) is 65.0 Å². The molecule has 0 saturated carbocycles. The third-order valence-corrected chi connectivity index (χ3v) is 7.11. The van der Waals surface area contributed by atoms with Gasteiger partial charge in [0.15, 0.2) is 15.8 Å².